The highest BCUT2D eigenvalue weighted by molar-refractivity contribution is 7.79. The number of nitrogens with zero attached hydrogens (tertiary/aromatic N) is 3. The number of aromatic nitrogens is 1. The van der Waals surface area contributed by atoms with E-state index in [1.807, 2.05) is 27.1 Å². The Kier molecular flexibility index (Phi) is 3.30. The van der Waals surface area contributed by atoms with Crippen LogP contribution in [0, 0.1) is 6.92 Å². The van der Waals surface area contributed by atoms with Gasteiger partial charge in [-0.1, -0.05) is 5.10 Å². The number of hydrogen-bond donors (Lipinski definition) is 1. The lowest BCUT2D eigenvalue weighted by Crippen LogP contribution is -2.44. The second-order valence-electron chi connectivity index (χ2n) is 3.35. The van der Waals surface area contributed by atoms with Crippen LogP contribution in [0.4, 0.5) is 0 Å². The molecule has 2 N–H and O–H groups in total. The Labute approximate surface area is 92.8 Å². The maximum absolute atomic E-state index is 5.52. The number of quaternary nitrogens is 1. The van der Waals surface area contributed by atoms with Crippen molar-refractivity contribution < 1.29 is 4.59 Å². The molecule has 0 aliphatic carbocycles. The standard InChI is InChI=1S/C8H12N4S2/c1-6-4-7(14-11-6)5-10-12(2,3)8(9)13/h4-5H,1-3H3,(H-,9,13)/p+1/b10-5+. The Bertz CT molecular complexity index is 367. The van der Waals surface area contributed by atoms with Crippen molar-refractivity contribution in [3.63, 3.8) is 0 Å². The van der Waals surface area contributed by atoms with Crippen LogP contribution in [-0.4, -0.2) is 34.4 Å². The van der Waals surface area contributed by atoms with Crippen molar-refractivity contribution in [1.29, 1.82) is 0 Å². The molecule has 1 heterocycles. The molecule has 0 bridgehead atoms. The van der Waals surface area contributed by atoms with Gasteiger partial charge in [0.2, 0.25) is 0 Å². The van der Waals surface area contributed by atoms with E-state index < -0.39 is 0 Å². The third-order valence-corrected chi connectivity index (χ3v) is 2.92. The van der Waals surface area contributed by atoms with E-state index in [1.54, 1.807) is 6.21 Å². The van der Waals surface area contributed by atoms with Gasteiger partial charge in [-0.05, 0) is 24.5 Å². The Morgan fingerprint density at radius 3 is 2.79 bits per heavy atom. The molecule has 0 unspecified atom stereocenters. The first-order valence-corrected chi connectivity index (χ1v) is 5.23. The maximum atomic E-state index is 5.52. The number of rotatable bonds is 2. The lowest BCUT2D eigenvalue weighted by Gasteiger charge is -2.17. The monoisotopic (exact) mass is 229 g/mol. The van der Waals surface area contributed by atoms with Crippen LogP contribution in [0.5, 0.6) is 0 Å². The summed E-state index contributed by atoms with van der Waals surface area (Å²) >= 11 is 6.28. The van der Waals surface area contributed by atoms with E-state index in [4.69, 9.17) is 18.0 Å². The van der Waals surface area contributed by atoms with Crippen molar-refractivity contribution in [3.8, 4) is 0 Å². The zero-order valence-corrected chi connectivity index (χ0v) is 10.0. The Morgan fingerprint density at radius 1 is 1.71 bits per heavy atom. The Hall–Kier alpha value is -0.850. The molecule has 0 fully saturated rings. The topological polar surface area (TPSA) is 51.3 Å². The first-order chi connectivity index (χ1) is 6.42. The van der Waals surface area contributed by atoms with Gasteiger partial charge >= 0.3 is 0 Å². The molecular formula is C8H13N4S2+. The highest BCUT2D eigenvalue weighted by Crippen LogP contribution is 2.07. The summed E-state index contributed by atoms with van der Waals surface area (Å²) in [5.74, 6) is 0. The van der Waals surface area contributed by atoms with Gasteiger partial charge in [0.1, 0.15) is 6.21 Å². The second-order valence-corrected chi connectivity index (χ2v) is 4.60. The zero-order chi connectivity index (χ0) is 10.8. The molecule has 6 heteroatoms. The van der Waals surface area contributed by atoms with E-state index >= 15 is 0 Å². The van der Waals surface area contributed by atoms with E-state index in [1.165, 1.54) is 11.5 Å². The molecule has 1 aromatic heterocycles. The van der Waals surface area contributed by atoms with Gasteiger partial charge in [-0.15, -0.1) is 4.59 Å². The minimum atomic E-state index is 0.159. The fourth-order valence-electron chi connectivity index (χ4n) is 0.702. The minimum absolute atomic E-state index is 0.159. The smallest absolute Gasteiger partial charge is 0.293 e. The van der Waals surface area contributed by atoms with Gasteiger partial charge in [-0.2, -0.15) is 4.37 Å². The van der Waals surface area contributed by atoms with E-state index in [-0.39, 0.29) is 4.59 Å². The van der Waals surface area contributed by atoms with Gasteiger partial charge in [-0.25, -0.2) is 0 Å². The average molecular weight is 229 g/mol. The molecule has 76 valence electrons. The molecule has 1 aromatic rings. The summed E-state index contributed by atoms with van der Waals surface area (Å²) in [6.07, 6.45) is 1.74. The summed E-state index contributed by atoms with van der Waals surface area (Å²) in [5, 5.41) is 4.59. The maximum Gasteiger partial charge on any atom is 0.293 e. The molecule has 0 amide bonds. The van der Waals surface area contributed by atoms with Crippen molar-refractivity contribution in [1.82, 2.24) is 4.37 Å². The predicted molar refractivity (Wildman–Crippen MR) is 63.3 cm³/mol. The van der Waals surface area contributed by atoms with Crippen LogP contribution < -0.4 is 5.73 Å². The molecule has 0 aliphatic heterocycles. The third-order valence-electron chi connectivity index (χ3n) is 1.66. The van der Waals surface area contributed by atoms with Crippen molar-refractivity contribution in [2.45, 2.75) is 6.92 Å². The first-order valence-electron chi connectivity index (χ1n) is 4.05. The van der Waals surface area contributed by atoms with Crippen LogP contribution in [0.2, 0.25) is 0 Å². The van der Waals surface area contributed by atoms with Gasteiger partial charge < -0.3 is 5.73 Å². The quantitative estimate of drug-likeness (QED) is 0.358. The largest absolute Gasteiger partial charge is 0.343 e. The second kappa shape index (κ2) is 4.12. The summed E-state index contributed by atoms with van der Waals surface area (Å²) in [5.41, 5.74) is 6.51. The molecule has 1 rings (SSSR count). The van der Waals surface area contributed by atoms with Crippen LogP contribution in [0.3, 0.4) is 0 Å². The molecule has 0 saturated heterocycles. The van der Waals surface area contributed by atoms with Crippen molar-refractivity contribution in [2.24, 2.45) is 10.8 Å². The number of nitrogens with two attached hydrogens (primary N) is 1. The number of aryl methyl sites for hydroxylation is 1. The summed E-state index contributed by atoms with van der Waals surface area (Å²) in [7, 11) is 3.65. The fraction of sp³-hybridized carbons (Fsp3) is 0.375. The normalized spacial score (nSPS) is 12.2. The molecule has 0 aromatic carbocycles. The van der Waals surface area contributed by atoms with Crippen LogP contribution in [0.15, 0.2) is 11.2 Å². The van der Waals surface area contributed by atoms with E-state index in [9.17, 15) is 0 Å². The molecule has 0 radical (unpaired) electrons. The van der Waals surface area contributed by atoms with Gasteiger partial charge in [0.15, 0.2) is 0 Å². The summed E-state index contributed by atoms with van der Waals surface area (Å²) in [4.78, 5) is 1.00. The van der Waals surface area contributed by atoms with Crippen molar-refractivity contribution >= 4 is 35.1 Å². The highest BCUT2D eigenvalue weighted by Gasteiger charge is 2.17. The Morgan fingerprint density at radius 2 is 2.36 bits per heavy atom. The van der Waals surface area contributed by atoms with E-state index in [2.05, 4.69) is 9.47 Å². The molecular weight excluding hydrogens is 216 g/mol. The fourth-order valence-corrected chi connectivity index (χ4v) is 1.37. The zero-order valence-electron chi connectivity index (χ0n) is 8.39. The van der Waals surface area contributed by atoms with Gasteiger partial charge in [0.25, 0.3) is 5.11 Å². The molecule has 0 aliphatic rings. The molecule has 0 atom stereocenters. The van der Waals surface area contributed by atoms with Gasteiger partial charge in [-0.3, -0.25) is 0 Å². The molecule has 4 nitrogen and oxygen atoms in total. The summed E-state index contributed by atoms with van der Waals surface area (Å²) in [6.45, 7) is 1.95. The highest BCUT2D eigenvalue weighted by atomic mass is 32.1. The molecule has 0 spiro atoms. The minimum Gasteiger partial charge on any atom is -0.343 e. The molecule has 14 heavy (non-hydrogen) atoms. The Balaban J connectivity index is 2.78. The van der Waals surface area contributed by atoms with Crippen LogP contribution in [0.1, 0.15) is 10.6 Å². The van der Waals surface area contributed by atoms with Crippen molar-refractivity contribution in [2.75, 3.05) is 14.1 Å². The third kappa shape index (κ3) is 2.83. The number of thiocarbonyl (C=S) groups is 1. The molecule has 0 saturated carbocycles. The lowest BCUT2D eigenvalue weighted by atomic mass is 10.4. The van der Waals surface area contributed by atoms with Crippen LogP contribution in [0.25, 0.3) is 0 Å². The SMILES string of the molecule is Cc1cc(/C=N/[N+](C)(C)C(N)=S)sn1. The first kappa shape index (κ1) is 11.2. The summed E-state index contributed by atoms with van der Waals surface area (Å²) < 4.78 is 4.30. The van der Waals surface area contributed by atoms with Crippen LogP contribution >= 0.6 is 23.8 Å². The van der Waals surface area contributed by atoms with Crippen molar-refractivity contribution in [3.05, 3.63) is 16.6 Å². The summed E-state index contributed by atoms with van der Waals surface area (Å²) in [6, 6.07) is 1.97. The lowest BCUT2D eigenvalue weighted by molar-refractivity contribution is -0.804. The number of hydrogen-bond acceptors (Lipinski definition) is 4. The van der Waals surface area contributed by atoms with Gasteiger partial charge in [0.05, 0.1) is 24.7 Å². The van der Waals surface area contributed by atoms with Crippen LogP contribution in [-0.2, 0) is 0 Å². The van der Waals surface area contributed by atoms with E-state index in [0.717, 1.165) is 10.6 Å². The predicted octanol–water partition coefficient (Wildman–Crippen LogP) is 1.11. The average Bonchev–Trinajstić information content (AvgIpc) is 2.48. The van der Waals surface area contributed by atoms with E-state index in [0.29, 0.717) is 5.11 Å². The van der Waals surface area contributed by atoms with Gasteiger partial charge in [0, 0.05) is 12.2 Å².